The van der Waals surface area contributed by atoms with E-state index in [-0.39, 0.29) is 41.7 Å². The second-order valence-corrected chi connectivity index (χ2v) is 5.98. The highest BCUT2D eigenvalue weighted by Gasteiger charge is 2.50. The predicted octanol–water partition coefficient (Wildman–Crippen LogP) is 0.986. The largest absolute Gasteiger partial charge is 0.477 e. The van der Waals surface area contributed by atoms with Crippen molar-refractivity contribution >= 4 is 17.8 Å². The molecule has 0 aromatic carbocycles. The highest BCUT2D eigenvalue weighted by Crippen LogP contribution is 2.51. The summed E-state index contributed by atoms with van der Waals surface area (Å²) in [5.74, 6) is -1.66. The van der Waals surface area contributed by atoms with E-state index in [0.717, 1.165) is 6.42 Å². The Morgan fingerprint density at radius 1 is 1.35 bits per heavy atom. The lowest BCUT2D eigenvalue weighted by atomic mass is 10.1. The standard InChI is InChI=1S/C14H22N2O4/c1-14(2)8-9(14)12(18)15-10(13(19)20)6-5-7-11(17)16(3)4/h6,9H,5,7-8H2,1-4H3,(H,15,18)(H,19,20)/b10-6+. The number of amides is 2. The fourth-order valence-electron chi connectivity index (χ4n) is 1.89. The molecule has 1 aliphatic rings. The molecule has 0 radical (unpaired) electrons. The Morgan fingerprint density at radius 3 is 2.30 bits per heavy atom. The lowest BCUT2D eigenvalue weighted by Crippen LogP contribution is -2.30. The smallest absolute Gasteiger partial charge is 0.352 e. The van der Waals surface area contributed by atoms with Crippen LogP contribution in [0.15, 0.2) is 11.8 Å². The van der Waals surface area contributed by atoms with Crippen molar-refractivity contribution < 1.29 is 19.5 Å². The van der Waals surface area contributed by atoms with Crippen LogP contribution in [0.4, 0.5) is 0 Å². The highest BCUT2D eigenvalue weighted by atomic mass is 16.4. The summed E-state index contributed by atoms with van der Waals surface area (Å²) in [5, 5.41) is 11.5. The molecule has 0 aliphatic heterocycles. The summed E-state index contributed by atoms with van der Waals surface area (Å²) in [4.78, 5) is 35.7. The van der Waals surface area contributed by atoms with Gasteiger partial charge in [0.05, 0.1) is 0 Å². The molecule has 1 unspecified atom stereocenters. The SMILES string of the molecule is CN(C)C(=O)CC/C=C(/NC(=O)C1CC1(C)C)C(=O)O. The van der Waals surface area contributed by atoms with Gasteiger partial charge >= 0.3 is 5.97 Å². The number of hydrogen-bond acceptors (Lipinski definition) is 3. The molecule has 2 amide bonds. The molecular formula is C14H22N2O4. The second-order valence-electron chi connectivity index (χ2n) is 5.98. The van der Waals surface area contributed by atoms with E-state index in [1.165, 1.54) is 11.0 Å². The van der Waals surface area contributed by atoms with Crippen molar-refractivity contribution in [2.45, 2.75) is 33.1 Å². The zero-order valence-electron chi connectivity index (χ0n) is 12.4. The molecule has 6 nitrogen and oxygen atoms in total. The van der Waals surface area contributed by atoms with Gasteiger partial charge in [-0.15, -0.1) is 0 Å². The van der Waals surface area contributed by atoms with Gasteiger partial charge in [0.1, 0.15) is 5.70 Å². The van der Waals surface area contributed by atoms with Gasteiger partial charge in [-0.2, -0.15) is 0 Å². The van der Waals surface area contributed by atoms with E-state index in [1.54, 1.807) is 14.1 Å². The van der Waals surface area contributed by atoms with Crippen molar-refractivity contribution in [3.63, 3.8) is 0 Å². The van der Waals surface area contributed by atoms with Crippen LogP contribution in [-0.2, 0) is 14.4 Å². The number of rotatable bonds is 6. The van der Waals surface area contributed by atoms with E-state index in [9.17, 15) is 14.4 Å². The van der Waals surface area contributed by atoms with Crippen molar-refractivity contribution in [2.75, 3.05) is 14.1 Å². The summed E-state index contributed by atoms with van der Waals surface area (Å²) in [6.07, 6.45) is 2.66. The van der Waals surface area contributed by atoms with Crippen LogP contribution in [0.1, 0.15) is 33.1 Å². The Balaban J connectivity index is 2.54. The van der Waals surface area contributed by atoms with Gasteiger partial charge in [-0.05, 0) is 18.3 Å². The van der Waals surface area contributed by atoms with Crippen LogP contribution in [0.3, 0.4) is 0 Å². The summed E-state index contributed by atoms with van der Waals surface area (Å²) in [5.41, 5.74) is -0.196. The third-order valence-corrected chi connectivity index (χ3v) is 3.52. The van der Waals surface area contributed by atoms with Gasteiger partial charge in [0.2, 0.25) is 11.8 Å². The van der Waals surface area contributed by atoms with Gasteiger partial charge in [-0.3, -0.25) is 9.59 Å². The van der Waals surface area contributed by atoms with Crippen molar-refractivity contribution in [3.05, 3.63) is 11.8 Å². The highest BCUT2D eigenvalue weighted by molar-refractivity contribution is 5.94. The van der Waals surface area contributed by atoms with Crippen LogP contribution in [0, 0.1) is 11.3 Å². The van der Waals surface area contributed by atoms with E-state index in [4.69, 9.17) is 5.11 Å². The average Bonchev–Trinajstić information content (AvgIpc) is 2.96. The number of carbonyl (C=O) groups is 3. The number of carboxylic acids is 1. The first kappa shape index (κ1) is 16.2. The van der Waals surface area contributed by atoms with Gasteiger partial charge in [-0.25, -0.2) is 4.79 Å². The number of carbonyl (C=O) groups excluding carboxylic acids is 2. The van der Waals surface area contributed by atoms with Crippen LogP contribution in [0.5, 0.6) is 0 Å². The van der Waals surface area contributed by atoms with E-state index < -0.39 is 5.97 Å². The van der Waals surface area contributed by atoms with Gasteiger partial charge in [0, 0.05) is 26.4 Å². The lowest BCUT2D eigenvalue weighted by molar-refractivity contribution is -0.135. The first-order valence-electron chi connectivity index (χ1n) is 6.59. The summed E-state index contributed by atoms with van der Waals surface area (Å²) in [6, 6.07) is 0. The Kier molecular flexibility index (Phi) is 4.92. The molecule has 1 atom stereocenters. The summed E-state index contributed by atoms with van der Waals surface area (Å²) >= 11 is 0. The molecule has 0 aromatic rings. The van der Waals surface area contributed by atoms with E-state index >= 15 is 0 Å². The topological polar surface area (TPSA) is 86.7 Å². The van der Waals surface area contributed by atoms with Crippen molar-refractivity contribution in [1.29, 1.82) is 0 Å². The maximum atomic E-state index is 11.9. The van der Waals surface area contributed by atoms with E-state index in [1.807, 2.05) is 13.8 Å². The quantitative estimate of drug-likeness (QED) is 0.711. The Labute approximate surface area is 118 Å². The zero-order chi connectivity index (χ0) is 15.5. The number of carboxylic acid groups (broad SMARTS) is 1. The van der Waals surface area contributed by atoms with E-state index in [0.29, 0.717) is 0 Å². The third-order valence-electron chi connectivity index (χ3n) is 3.52. The predicted molar refractivity (Wildman–Crippen MR) is 73.7 cm³/mol. The minimum absolute atomic E-state index is 0.0470. The molecule has 1 saturated carbocycles. The summed E-state index contributed by atoms with van der Waals surface area (Å²) < 4.78 is 0. The summed E-state index contributed by atoms with van der Waals surface area (Å²) in [6.45, 7) is 3.94. The molecule has 0 bridgehead atoms. The van der Waals surface area contributed by atoms with Crippen molar-refractivity contribution in [2.24, 2.45) is 11.3 Å². The maximum Gasteiger partial charge on any atom is 0.352 e. The third kappa shape index (κ3) is 4.36. The molecule has 6 heteroatoms. The second kappa shape index (κ2) is 6.07. The minimum atomic E-state index is -1.19. The zero-order valence-corrected chi connectivity index (χ0v) is 12.4. The molecule has 0 saturated heterocycles. The first-order chi connectivity index (χ1) is 9.15. The van der Waals surface area contributed by atoms with Gasteiger partial charge in [0.15, 0.2) is 0 Å². The Bertz CT molecular complexity index is 452. The molecule has 1 fully saturated rings. The lowest BCUT2D eigenvalue weighted by Gasteiger charge is -2.09. The number of nitrogens with one attached hydrogen (secondary N) is 1. The molecule has 0 spiro atoms. The van der Waals surface area contributed by atoms with Gasteiger partial charge in [0.25, 0.3) is 0 Å². The molecule has 0 aromatic heterocycles. The normalized spacial score (nSPS) is 20.2. The van der Waals surface area contributed by atoms with Gasteiger partial charge in [-0.1, -0.05) is 19.9 Å². The van der Waals surface area contributed by atoms with E-state index in [2.05, 4.69) is 5.32 Å². The number of hydrogen-bond donors (Lipinski definition) is 2. The number of aliphatic carboxylic acids is 1. The fraction of sp³-hybridized carbons (Fsp3) is 0.643. The maximum absolute atomic E-state index is 11.9. The van der Waals surface area contributed by atoms with Gasteiger partial charge < -0.3 is 15.3 Å². The van der Waals surface area contributed by atoms with Crippen molar-refractivity contribution in [1.82, 2.24) is 10.2 Å². The number of nitrogens with zero attached hydrogens (tertiary/aromatic N) is 1. The number of allylic oxidation sites excluding steroid dienone is 1. The van der Waals surface area contributed by atoms with Crippen molar-refractivity contribution in [3.8, 4) is 0 Å². The first-order valence-corrected chi connectivity index (χ1v) is 6.59. The monoisotopic (exact) mass is 282 g/mol. The molecule has 2 N–H and O–H groups in total. The van der Waals surface area contributed by atoms with Crippen LogP contribution >= 0.6 is 0 Å². The Morgan fingerprint density at radius 2 is 1.90 bits per heavy atom. The molecular weight excluding hydrogens is 260 g/mol. The molecule has 20 heavy (non-hydrogen) atoms. The Hall–Kier alpha value is -1.85. The molecule has 1 rings (SSSR count). The summed E-state index contributed by atoms with van der Waals surface area (Å²) in [7, 11) is 3.28. The average molecular weight is 282 g/mol. The van der Waals surface area contributed by atoms with Crippen LogP contribution in [0.2, 0.25) is 0 Å². The molecule has 1 aliphatic carbocycles. The van der Waals surface area contributed by atoms with Crippen LogP contribution in [0.25, 0.3) is 0 Å². The van der Waals surface area contributed by atoms with Crippen LogP contribution < -0.4 is 5.32 Å². The van der Waals surface area contributed by atoms with Crippen LogP contribution in [-0.4, -0.2) is 41.9 Å². The minimum Gasteiger partial charge on any atom is -0.477 e. The molecule has 112 valence electrons. The molecule has 0 heterocycles. The fourth-order valence-corrected chi connectivity index (χ4v) is 1.89.